The molecule has 0 aliphatic carbocycles. The van der Waals surface area contributed by atoms with Crippen LogP contribution in [0.2, 0.25) is 0 Å². The van der Waals surface area contributed by atoms with Gasteiger partial charge in [-0.3, -0.25) is 4.79 Å². The lowest BCUT2D eigenvalue weighted by atomic mass is 10.2. The van der Waals surface area contributed by atoms with E-state index in [1.54, 1.807) is 13.0 Å². The van der Waals surface area contributed by atoms with Gasteiger partial charge in [-0.05, 0) is 19.1 Å². The first-order chi connectivity index (χ1) is 11.2. The maximum atomic E-state index is 13.4. The summed E-state index contributed by atoms with van der Waals surface area (Å²) in [5, 5.41) is 1.49. The number of hydrogen-bond acceptors (Lipinski definition) is 4. The minimum atomic E-state index is -2.34. The zero-order valence-electron chi connectivity index (χ0n) is 11.9. The van der Waals surface area contributed by atoms with Crippen LogP contribution in [0.5, 0.6) is 0 Å². The molecule has 1 N–H and O–H groups in total. The molecule has 0 aliphatic heterocycles. The van der Waals surface area contributed by atoms with Gasteiger partial charge >= 0.3 is 5.97 Å². The molecule has 0 atom stereocenters. The maximum Gasteiger partial charge on any atom is 0.348 e. The third-order valence-corrected chi connectivity index (χ3v) is 3.73. The number of rotatable bonds is 4. The molecule has 10 heteroatoms. The Labute approximate surface area is 135 Å². The van der Waals surface area contributed by atoms with Crippen LogP contribution in [0, 0.1) is 36.0 Å². The predicted octanol–water partition coefficient (Wildman–Crippen LogP) is 3.55. The Bertz CT molecular complexity index is 792. The van der Waals surface area contributed by atoms with E-state index in [2.05, 4.69) is 4.74 Å². The van der Waals surface area contributed by atoms with Gasteiger partial charge < -0.3 is 10.1 Å². The van der Waals surface area contributed by atoms with E-state index >= 15 is 0 Å². The van der Waals surface area contributed by atoms with Crippen LogP contribution in [-0.2, 0) is 9.53 Å². The number of halogens is 5. The molecule has 2 aromatic rings. The standard InChI is InChI=1S/C14H8F5NO3S/c1-5-2-3-6(24-5)14(22)23-4-7(21)20-13-11(18)9(16)8(15)10(17)12(13)19/h2-3H,4H2,1H3,(H,20,21). The number of nitrogens with one attached hydrogen (secondary N) is 1. The number of aryl methyl sites for hydroxylation is 1. The molecular formula is C14H8F5NO3S. The number of carbonyl (C=O) groups is 2. The third kappa shape index (κ3) is 3.53. The first kappa shape index (κ1) is 17.9. The minimum absolute atomic E-state index is 0.191. The van der Waals surface area contributed by atoms with Gasteiger partial charge in [0.05, 0.1) is 0 Å². The topological polar surface area (TPSA) is 55.4 Å². The molecule has 0 saturated heterocycles. The Hall–Kier alpha value is -2.49. The predicted molar refractivity (Wildman–Crippen MR) is 74.2 cm³/mol. The molecule has 4 nitrogen and oxygen atoms in total. The Kier molecular flexibility index (Phi) is 5.17. The Morgan fingerprint density at radius 1 is 1.00 bits per heavy atom. The summed E-state index contributed by atoms with van der Waals surface area (Å²) in [5.41, 5.74) is -1.51. The largest absolute Gasteiger partial charge is 0.451 e. The molecule has 0 unspecified atom stereocenters. The fraction of sp³-hybridized carbons (Fsp3) is 0.143. The number of anilines is 1. The molecule has 1 amide bonds. The van der Waals surface area contributed by atoms with Crippen LogP contribution in [0.1, 0.15) is 14.5 Å². The summed E-state index contributed by atoms with van der Waals surface area (Å²) >= 11 is 1.09. The highest BCUT2D eigenvalue weighted by atomic mass is 32.1. The molecule has 0 spiro atoms. The van der Waals surface area contributed by atoms with E-state index in [9.17, 15) is 31.5 Å². The summed E-state index contributed by atoms with van der Waals surface area (Å²) in [5.74, 6) is -13.3. The molecular weight excluding hydrogens is 357 g/mol. The third-order valence-electron chi connectivity index (χ3n) is 2.75. The lowest BCUT2D eigenvalue weighted by Gasteiger charge is -2.10. The number of amides is 1. The van der Waals surface area contributed by atoms with Crippen LogP contribution >= 0.6 is 11.3 Å². The summed E-state index contributed by atoms with van der Waals surface area (Å²) in [6, 6.07) is 3.08. The number of benzene rings is 1. The molecule has 2 rings (SSSR count). The second kappa shape index (κ2) is 6.95. The van der Waals surface area contributed by atoms with Crippen molar-refractivity contribution in [1.82, 2.24) is 0 Å². The van der Waals surface area contributed by atoms with Gasteiger partial charge in [0.15, 0.2) is 29.9 Å². The van der Waals surface area contributed by atoms with Crippen LogP contribution in [0.4, 0.5) is 27.6 Å². The number of thiophene rings is 1. The van der Waals surface area contributed by atoms with Crippen molar-refractivity contribution in [3.63, 3.8) is 0 Å². The first-order valence-corrected chi connectivity index (χ1v) is 7.08. The summed E-state index contributed by atoms with van der Waals surface area (Å²) in [7, 11) is 0. The summed E-state index contributed by atoms with van der Waals surface area (Å²) < 4.78 is 70.2. The average molecular weight is 365 g/mol. The van der Waals surface area contributed by atoms with Gasteiger partial charge in [0.2, 0.25) is 5.82 Å². The molecule has 0 aliphatic rings. The van der Waals surface area contributed by atoms with Gasteiger partial charge in [0.1, 0.15) is 10.6 Å². The van der Waals surface area contributed by atoms with Crippen molar-refractivity contribution in [2.75, 3.05) is 11.9 Å². The van der Waals surface area contributed by atoms with Crippen LogP contribution in [-0.4, -0.2) is 18.5 Å². The van der Waals surface area contributed by atoms with Crippen LogP contribution < -0.4 is 5.32 Å². The molecule has 0 bridgehead atoms. The quantitative estimate of drug-likeness (QED) is 0.390. The number of esters is 1. The van der Waals surface area contributed by atoms with Gasteiger partial charge in [-0.15, -0.1) is 11.3 Å². The van der Waals surface area contributed by atoms with Gasteiger partial charge in [-0.25, -0.2) is 26.7 Å². The van der Waals surface area contributed by atoms with Crippen molar-refractivity contribution < 1.29 is 36.3 Å². The average Bonchev–Trinajstić information content (AvgIpc) is 2.99. The lowest BCUT2D eigenvalue weighted by Crippen LogP contribution is -2.23. The lowest BCUT2D eigenvalue weighted by molar-refractivity contribution is -0.119. The maximum absolute atomic E-state index is 13.4. The molecule has 0 radical (unpaired) electrons. The number of ether oxygens (including phenoxy) is 1. The fourth-order valence-corrected chi connectivity index (χ4v) is 2.40. The van der Waals surface area contributed by atoms with Crippen molar-refractivity contribution in [2.24, 2.45) is 0 Å². The van der Waals surface area contributed by atoms with Crippen LogP contribution in [0.15, 0.2) is 12.1 Å². The smallest absolute Gasteiger partial charge is 0.348 e. The molecule has 1 heterocycles. The molecule has 24 heavy (non-hydrogen) atoms. The van der Waals surface area contributed by atoms with Crippen molar-refractivity contribution in [2.45, 2.75) is 6.92 Å². The van der Waals surface area contributed by atoms with Crippen molar-refractivity contribution in [3.8, 4) is 0 Å². The van der Waals surface area contributed by atoms with E-state index in [0.29, 0.717) is 0 Å². The highest BCUT2D eigenvalue weighted by molar-refractivity contribution is 7.13. The molecule has 0 fully saturated rings. The van der Waals surface area contributed by atoms with E-state index in [-0.39, 0.29) is 4.88 Å². The Balaban J connectivity index is 2.07. The Morgan fingerprint density at radius 3 is 2.04 bits per heavy atom. The van der Waals surface area contributed by atoms with E-state index in [1.807, 2.05) is 0 Å². The molecule has 1 aromatic carbocycles. The summed E-state index contributed by atoms with van der Waals surface area (Å²) in [6.07, 6.45) is 0. The molecule has 1 aromatic heterocycles. The van der Waals surface area contributed by atoms with Crippen LogP contribution in [0.25, 0.3) is 0 Å². The van der Waals surface area contributed by atoms with Gasteiger partial charge in [-0.1, -0.05) is 0 Å². The second-order valence-electron chi connectivity index (χ2n) is 4.48. The summed E-state index contributed by atoms with van der Waals surface area (Å²) in [4.78, 5) is 24.1. The van der Waals surface area contributed by atoms with E-state index in [0.717, 1.165) is 16.2 Å². The van der Waals surface area contributed by atoms with E-state index in [1.165, 1.54) is 11.4 Å². The monoisotopic (exact) mass is 365 g/mol. The molecule has 128 valence electrons. The SMILES string of the molecule is Cc1ccc(C(=O)OCC(=O)Nc2c(F)c(F)c(F)c(F)c2F)s1. The zero-order valence-corrected chi connectivity index (χ0v) is 12.7. The Morgan fingerprint density at radius 2 is 1.54 bits per heavy atom. The normalized spacial score (nSPS) is 10.6. The zero-order chi connectivity index (χ0) is 18.0. The minimum Gasteiger partial charge on any atom is -0.451 e. The van der Waals surface area contributed by atoms with Crippen molar-refractivity contribution in [1.29, 1.82) is 0 Å². The first-order valence-electron chi connectivity index (χ1n) is 6.27. The number of carbonyl (C=O) groups excluding carboxylic acids is 2. The second-order valence-corrected chi connectivity index (χ2v) is 5.77. The van der Waals surface area contributed by atoms with Gasteiger partial charge in [0.25, 0.3) is 5.91 Å². The van der Waals surface area contributed by atoms with Gasteiger partial charge in [0, 0.05) is 4.88 Å². The highest BCUT2D eigenvalue weighted by Gasteiger charge is 2.27. The van der Waals surface area contributed by atoms with E-state index < -0.39 is 53.3 Å². The fourth-order valence-electron chi connectivity index (χ4n) is 1.64. The van der Waals surface area contributed by atoms with Crippen molar-refractivity contribution >= 4 is 28.9 Å². The van der Waals surface area contributed by atoms with E-state index in [4.69, 9.17) is 0 Å². The highest BCUT2D eigenvalue weighted by Crippen LogP contribution is 2.27. The van der Waals surface area contributed by atoms with Crippen LogP contribution in [0.3, 0.4) is 0 Å². The number of hydrogen-bond donors (Lipinski definition) is 1. The van der Waals surface area contributed by atoms with Crippen molar-refractivity contribution in [3.05, 3.63) is 51.0 Å². The summed E-state index contributed by atoms with van der Waals surface area (Å²) in [6.45, 7) is 0.770. The van der Waals surface area contributed by atoms with Gasteiger partial charge in [-0.2, -0.15) is 0 Å². The molecule has 0 saturated carbocycles.